The van der Waals surface area contributed by atoms with Crippen molar-refractivity contribution in [1.82, 2.24) is 19.9 Å². The lowest BCUT2D eigenvalue weighted by molar-refractivity contribution is 0.0641. The number of amides is 2. The standard InChI is InChI=1S/C22H15FN4O4/c23-14-8-6-13(7-9-14)10-26-21(30)15-16(22(26)31)20(29)18-17(19(15)28)24-25-27(18)11-12-4-2-1-3-5-12/h1-9,28-29H,10-11H2. The van der Waals surface area contributed by atoms with Gasteiger partial charge < -0.3 is 10.2 Å². The zero-order valence-corrected chi connectivity index (χ0v) is 16.0. The highest BCUT2D eigenvalue weighted by atomic mass is 19.1. The molecule has 2 N–H and O–H groups in total. The molecule has 0 atom stereocenters. The molecule has 1 aliphatic heterocycles. The summed E-state index contributed by atoms with van der Waals surface area (Å²) in [5.41, 5.74) is 0.765. The molecule has 0 fully saturated rings. The summed E-state index contributed by atoms with van der Waals surface area (Å²) in [7, 11) is 0. The van der Waals surface area contributed by atoms with Crippen molar-refractivity contribution < 1.29 is 24.2 Å². The molecular weight excluding hydrogens is 403 g/mol. The van der Waals surface area contributed by atoms with Crippen molar-refractivity contribution in [2.45, 2.75) is 13.1 Å². The van der Waals surface area contributed by atoms with Gasteiger partial charge in [-0.25, -0.2) is 9.07 Å². The van der Waals surface area contributed by atoms with Crippen LogP contribution < -0.4 is 0 Å². The predicted octanol–water partition coefficient (Wildman–Crippen LogP) is 2.83. The molecule has 5 rings (SSSR count). The molecule has 0 saturated carbocycles. The molecule has 0 spiro atoms. The van der Waals surface area contributed by atoms with E-state index >= 15 is 0 Å². The highest BCUT2D eigenvalue weighted by Crippen LogP contribution is 2.43. The molecule has 2 amide bonds. The van der Waals surface area contributed by atoms with Crippen LogP contribution in [-0.4, -0.2) is 41.9 Å². The molecule has 0 bridgehead atoms. The van der Waals surface area contributed by atoms with Crippen LogP contribution in [0.15, 0.2) is 54.6 Å². The molecule has 2 heterocycles. The average molecular weight is 418 g/mol. The first-order valence-electron chi connectivity index (χ1n) is 9.41. The van der Waals surface area contributed by atoms with E-state index in [0.717, 1.165) is 10.5 Å². The lowest BCUT2D eigenvalue weighted by Gasteiger charge is -2.13. The third-order valence-corrected chi connectivity index (χ3v) is 5.25. The summed E-state index contributed by atoms with van der Waals surface area (Å²) in [6.07, 6.45) is 0. The first-order valence-corrected chi connectivity index (χ1v) is 9.41. The van der Waals surface area contributed by atoms with Crippen molar-refractivity contribution in [2.24, 2.45) is 0 Å². The van der Waals surface area contributed by atoms with Crippen LogP contribution in [0.25, 0.3) is 11.0 Å². The monoisotopic (exact) mass is 418 g/mol. The molecule has 9 heteroatoms. The van der Waals surface area contributed by atoms with Crippen LogP contribution >= 0.6 is 0 Å². The Hall–Kier alpha value is -4.27. The van der Waals surface area contributed by atoms with Gasteiger partial charge >= 0.3 is 0 Å². The van der Waals surface area contributed by atoms with Crippen LogP contribution in [0, 0.1) is 5.82 Å². The highest BCUT2D eigenvalue weighted by Gasteiger charge is 2.43. The molecule has 8 nitrogen and oxygen atoms in total. The van der Waals surface area contributed by atoms with Crippen molar-refractivity contribution in [2.75, 3.05) is 0 Å². The van der Waals surface area contributed by atoms with Crippen LogP contribution in [0.3, 0.4) is 0 Å². The Morgan fingerprint density at radius 3 is 2.10 bits per heavy atom. The number of carbonyl (C=O) groups excluding carboxylic acids is 2. The number of nitrogens with zero attached hydrogens (tertiary/aromatic N) is 4. The maximum absolute atomic E-state index is 13.2. The average Bonchev–Trinajstić information content (AvgIpc) is 3.29. The van der Waals surface area contributed by atoms with Crippen LogP contribution in [-0.2, 0) is 13.1 Å². The van der Waals surface area contributed by atoms with Crippen molar-refractivity contribution in [3.63, 3.8) is 0 Å². The molecule has 4 aromatic rings. The number of carbonyl (C=O) groups is 2. The van der Waals surface area contributed by atoms with Gasteiger partial charge in [0.25, 0.3) is 11.8 Å². The second kappa shape index (κ2) is 6.91. The van der Waals surface area contributed by atoms with E-state index in [-0.39, 0.29) is 35.2 Å². The van der Waals surface area contributed by atoms with Gasteiger partial charge in [0.15, 0.2) is 17.0 Å². The fourth-order valence-electron chi connectivity index (χ4n) is 3.74. The van der Waals surface area contributed by atoms with E-state index in [1.807, 2.05) is 30.3 Å². The van der Waals surface area contributed by atoms with Crippen LogP contribution in [0.5, 0.6) is 11.5 Å². The number of halogens is 1. The Morgan fingerprint density at radius 2 is 1.42 bits per heavy atom. The SMILES string of the molecule is O=C1c2c(c(O)c3c(nnn3Cc3ccccc3)c2O)C(=O)N1Cc1ccc(F)cc1. The number of rotatable bonds is 4. The molecular formula is C22H15FN4O4. The minimum absolute atomic E-state index is 0.0601. The van der Waals surface area contributed by atoms with Gasteiger partial charge in [0, 0.05) is 0 Å². The third-order valence-electron chi connectivity index (χ3n) is 5.25. The summed E-state index contributed by atoms with van der Waals surface area (Å²) < 4.78 is 14.5. The van der Waals surface area contributed by atoms with Gasteiger partial charge in [-0.1, -0.05) is 47.7 Å². The number of phenols is 2. The van der Waals surface area contributed by atoms with Crippen molar-refractivity contribution in [1.29, 1.82) is 0 Å². The first kappa shape index (κ1) is 18.7. The Morgan fingerprint density at radius 1 is 0.806 bits per heavy atom. The molecule has 3 aromatic carbocycles. The van der Waals surface area contributed by atoms with Crippen LogP contribution in [0.1, 0.15) is 31.8 Å². The van der Waals surface area contributed by atoms with Gasteiger partial charge in [0.05, 0.1) is 13.1 Å². The fraction of sp³-hybridized carbons (Fsp3) is 0.0909. The molecule has 31 heavy (non-hydrogen) atoms. The minimum Gasteiger partial charge on any atom is -0.505 e. The number of imide groups is 1. The molecule has 0 radical (unpaired) electrons. The van der Waals surface area contributed by atoms with E-state index in [1.165, 1.54) is 28.9 Å². The second-order valence-electron chi connectivity index (χ2n) is 7.20. The molecule has 0 aliphatic carbocycles. The topological polar surface area (TPSA) is 109 Å². The predicted molar refractivity (Wildman–Crippen MR) is 107 cm³/mol. The highest BCUT2D eigenvalue weighted by molar-refractivity contribution is 6.26. The number of aromatic nitrogens is 3. The van der Waals surface area contributed by atoms with Gasteiger partial charge in [-0.15, -0.1) is 5.10 Å². The van der Waals surface area contributed by atoms with Gasteiger partial charge in [-0.3, -0.25) is 14.5 Å². The molecule has 0 unspecified atom stereocenters. The van der Waals surface area contributed by atoms with Gasteiger partial charge in [0.1, 0.15) is 22.5 Å². The second-order valence-corrected chi connectivity index (χ2v) is 7.20. The lowest BCUT2D eigenvalue weighted by Crippen LogP contribution is -2.29. The van der Waals surface area contributed by atoms with E-state index in [9.17, 15) is 24.2 Å². The Kier molecular flexibility index (Phi) is 4.18. The van der Waals surface area contributed by atoms with E-state index in [0.29, 0.717) is 5.56 Å². The third kappa shape index (κ3) is 2.90. The number of phenolic OH excluding ortho intramolecular Hbond substituents is 2. The van der Waals surface area contributed by atoms with Crippen molar-refractivity contribution >= 4 is 22.8 Å². The Balaban J connectivity index is 1.59. The molecule has 0 saturated heterocycles. The van der Waals surface area contributed by atoms with E-state index in [2.05, 4.69) is 10.3 Å². The number of fused-ring (bicyclic) bond motifs is 2. The normalized spacial score (nSPS) is 13.3. The zero-order valence-electron chi connectivity index (χ0n) is 16.0. The summed E-state index contributed by atoms with van der Waals surface area (Å²) in [6, 6.07) is 14.6. The maximum Gasteiger partial charge on any atom is 0.265 e. The fourth-order valence-corrected chi connectivity index (χ4v) is 3.74. The maximum atomic E-state index is 13.2. The van der Waals surface area contributed by atoms with Gasteiger partial charge in [-0.05, 0) is 23.3 Å². The summed E-state index contributed by atoms with van der Waals surface area (Å²) in [5, 5.41) is 29.5. The van der Waals surface area contributed by atoms with Crippen LogP contribution in [0.2, 0.25) is 0 Å². The summed E-state index contributed by atoms with van der Waals surface area (Å²) in [6.45, 7) is 0.107. The Labute approximate surface area is 174 Å². The molecule has 154 valence electrons. The number of hydrogen-bond acceptors (Lipinski definition) is 6. The van der Waals surface area contributed by atoms with Crippen LogP contribution in [0.4, 0.5) is 4.39 Å². The largest absolute Gasteiger partial charge is 0.505 e. The Bertz CT molecular complexity index is 1350. The molecule has 1 aliphatic rings. The first-order chi connectivity index (χ1) is 15.0. The van der Waals surface area contributed by atoms with Crippen molar-refractivity contribution in [3.05, 3.63) is 82.7 Å². The van der Waals surface area contributed by atoms with E-state index in [1.54, 1.807) is 0 Å². The van der Waals surface area contributed by atoms with E-state index in [4.69, 9.17) is 0 Å². The number of aromatic hydroxyl groups is 2. The summed E-state index contributed by atoms with van der Waals surface area (Å²) >= 11 is 0. The van der Waals surface area contributed by atoms with Gasteiger partial charge in [-0.2, -0.15) is 0 Å². The summed E-state index contributed by atoms with van der Waals surface area (Å²) in [5.74, 6) is -2.95. The number of hydrogen-bond donors (Lipinski definition) is 2. The number of benzene rings is 3. The molecule has 1 aromatic heterocycles. The van der Waals surface area contributed by atoms with Crippen molar-refractivity contribution in [3.8, 4) is 11.5 Å². The lowest BCUT2D eigenvalue weighted by atomic mass is 10.1. The summed E-state index contributed by atoms with van der Waals surface area (Å²) in [4.78, 5) is 26.8. The minimum atomic E-state index is -0.767. The van der Waals surface area contributed by atoms with Gasteiger partial charge in [0.2, 0.25) is 0 Å². The smallest absolute Gasteiger partial charge is 0.265 e. The van der Waals surface area contributed by atoms with E-state index < -0.39 is 29.1 Å². The quantitative estimate of drug-likeness (QED) is 0.390. The zero-order chi connectivity index (χ0) is 21.7.